The zero-order valence-electron chi connectivity index (χ0n) is 13.2. The number of nitrogens with one attached hydrogen (secondary N) is 2. The fourth-order valence-corrected chi connectivity index (χ4v) is 2.13. The molecule has 3 N–H and O–H groups in total. The van der Waals surface area contributed by atoms with Crippen LogP contribution in [0.5, 0.6) is 5.75 Å². The molecule has 2 rings (SSSR count). The Labute approximate surface area is 141 Å². The van der Waals surface area contributed by atoms with E-state index in [9.17, 15) is 9.90 Å². The van der Waals surface area contributed by atoms with Crippen LogP contribution in [0.4, 0.5) is 10.5 Å². The van der Waals surface area contributed by atoms with Gasteiger partial charge in [0.1, 0.15) is 12.4 Å². The van der Waals surface area contributed by atoms with Gasteiger partial charge in [-0.1, -0.05) is 42.3 Å². The highest BCUT2D eigenvalue weighted by atomic mass is 16.5. The van der Waals surface area contributed by atoms with E-state index in [0.29, 0.717) is 17.9 Å². The average molecular weight is 324 g/mol. The number of rotatable bonds is 7. The predicted octanol–water partition coefficient (Wildman–Crippen LogP) is 2.42. The summed E-state index contributed by atoms with van der Waals surface area (Å²) in [6.45, 7) is 0.329. The number of urea groups is 1. The Morgan fingerprint density at radius 3 is 2.75 bits per heavy atom. The van der Waals surface area contributed by atoms with Gasteiger partial charge in [-0.3, -0.25) is 0 Å². The Bertz CT molecular complexity index is 695. The summed E-state index contributed by atoms with van der Waals surface area (Å²) in [6, 6.07) is 16.2. The second-order valence-corrected chi connectivity index (χ2v) is 5.20. The van der Waals surface area contributed by atoms with Gasteiger partial charge < -0.3 is 20.5 Å². The lowest BCUT2D eigenvalue weighted by molar-refractivity contribution is 0.172. The molecule has 2 aromatic rings. The van der Waals surface area contributed by atoms with Crippen LogP contribution in [0, 0.1) is 12.3 Å². The van der Waals surface area contributed by atoms with Gasteiger partial charge in [-0.15, -0.1) is 6.42 Å². The molecule has 0 heterocycles. The Morgan fingerprint density at radius 2 is 2.00 bits per heavy atom. The fourth-order valence-electron chi connectivity index (χ4n) is 2.13. The minimum absolute atomic E-state index is 0.161. The van der Waals surface area contributed by atoms with Crippen molar-refractivity contribution >= 4 is 11.7 Å². The molecule has 0 aliphatic carbocycles. The molecule has 0 aliphatic heterocycles. The zero-order valence-corrected chi connectivity index (χ0v) is 13.2. The molecule has 1 atom stereocenters. The number of aliphatic hydroxyl groups excluding tert-OH is 1. The minimum Gasteiger partial charge on any atom is -0.481 e. The third-order valence-electron chi connectivity index (χ3n) is 3.23. The van der Waals surface area contributed by atoms with Crippen molar-refractivity contribution in [3.05, 3.63) is 60.2 Å². The monoisotopic (exact) mass is 324 g/mol. The molecular formula is C19H20N2O3. The fraction of sp³-hybridized carbons (Fsp3) is 0.211. The lowest BCUT2D eigenvalue weighted by Gasteiger charge is -2.13. The number of ether oxygens (including phenoxy) is 1. The minimum atomic E-state index is -0.650. The summed E-state index contributed by atoms with van der Waals surface area (Å²) in [6.07, 6.45) is 4.97. The molecule has 5 heteroatoms. The van der Waals surface area contributed by atoms with E-state index < -0.39 is 12.1 Å². The van der Waals surface area contributed by atoms with Crippen LogP contribution in [0.15, 0.2) is 54.6 Å². The quantitative estimate of drug-likeness (QED) is 0.685. The third-order valence-corrected chi connectivity index (χ3v) is 3.23. The molecule has 0 saturated carbocycles. The largest absolute Gasteiger partial charge is 0.481 e. The molecule has 0 radical (unpaired) electrons. The molecule has 0 aromatic heterocycles. The summed E-state index contributed by atoms with van der Waals surface area (Å²) >= 11 is 0. The Hall–Kier alpha value is -2.97. The van der Waals surface area contributed by atoms with E-state index >= 15 is 0 Å². The first-order valence-corrected chi connectivity index (χ1v) is 7.60. The summed E-state index contributed by atoms with van der Waals surface area (Å²) in [5, 5.41) is 15.3. The van der Waals surface area contributed by atoms with Crippen LogP contribution in [0.3, 0.4) is 0 Å². The number of benzene rings is 2. The van der Waals surface area contributed by atoms with E-state index in [-0.39, 0.29) is 13.2 Å². The molecule has 0 fully saturated rings. The number of anilines is 1. The maximum Gasteiger partial charge on any atom is 0.319 e. The summed E-state index contributed by atoms with van der Waals surface area (Å²) < 4.78 is 5.29. The standard InChI is InChI=1S/C19H20N2O3/c1-2-11-24-18-10-6-9-16(13-18)21-19(23)20-14-17(22)12-15-7-4-3-5-8-15/h1,3-10,13,17,22H,11-12,14H2,(H2,20,21,23). The van der Waals surface area contributed by atoms with Gasteiger partial charge in [0.15, 0.2) is 0 Å². The van der Waals surface area contributed by atoms with E-state index in [0.717, 1.165) is 5.56 Å². The highest BCUT2D eigenvalue weighted by Gasteiger charge is 2.08. The number of carbonyl (C=O) groups is 1. The van der Waals surface area contributed by atoms with Gasteiger partial charge in [0, 0.05) is 24.7 Å². The first kappa shape index (κ1) is 17.4. The average Bonchev–Trinajstić information content (AvgIpc) is 2.59. The number of amides is 2. The highest BCUT2D eigenvalue weighted by Crippen LogP contribution is 2.17. The summed E-state index contributed by atoms with van der Waals surface area (Å²) in [5.41, 5.74) is 1.60. The molecular weight excluding hydrogens is 304 g/mol. The SMILES string of the molecule is C#CCOc1cccc(NC(=O)NCC(O)Cc2ccccc2)c1. The Balaban J connectivity index is 1.77. The molecule has 0 aliphatic rings. The first-order chi connectivity index (χ1) is 11.7. The number of hydrogen-bond donors (Lipinski definition) is 3. The molecule has 124 valence electrons. The lowest BCUT2D eigenvalue weighted by atomic mass is 10.1. The van der Waals surface area contributed by atoms with E-state index in [2.05, 4.69) is 16.6 Å². The van der Waals surface area contributed by atoms with Crippen LogP contribution in [0.25, 0.3) is 0 Å². The van der Waals surface area contributed by atoms with Crippen LogP contribution < -0.4 is 15.4 Å². The van der Waals surface area contributed by atoms with Gasteiger partial charge in [-0.05, 0) is 17.7 Å². The number of hydrogen-bond acceptors (Lipinski definition) is 3. The number of aliphatic hydroxyl groups is 1. The first-order valence-electron chi connectivity index (χ1n) is 7.60. The van der Waals surface area contributed by atoms with Gasteiger partial charge in [0.05, 0.1) is 6.10 Å². The molecule has 0 bridgehead atoms. The highest BCUT2D eigenvalue weighted by molar-refractivity contribution is 5.89. The molecule has 2 amide bonds. The lowest BCUT2D eigenvalue weighted by Crippen LogP contribution is -2.36. The number of carbonyl (C=O) groups excluding carboxylic acids is 1. The van der Waals surface area contributed by atoms with E-state index in [4.69, 9.17) is 11.2 Å². The molecule has 5 nitrogen and oxygen atoms in total. The van der Waals surface area contributed by atoms with Gasteiger partial charge in [-0.25, -0.2) is 4.79 Å². The second kappa shape index (κ2) is 9.23. The third kappa shape index (κ3) is 6.03. The van der Waals surface area contributed by atoms with E-state index in [1.54, 1.807) is 24.3 Å². The second-order valence-electron chi connectivity index (χ2n) is 5.20. The van der Waals surface area contributed by atoms with Gasteiger partial charge in [0.2, 0.25) is 0 Å². The number of terminal acetylenes is 1. The van der Waals surface area contributed by atoms with Crippen molar-refractivity contribution in [2.24, 2.45) is 0 Å². The van der Waals surface area contributed by atoms with Gasteiger partial charge >= 0.3 is 6.03 Å². The van der Waals surface area contributed by atoms with Crippen LogP contribution in [0.2, 0.25) is 0 Å². The van der Waals surface area contributed by atoms with E-state index in [1.165, 1.54) is 0 Å². The van der Waals surface area contributed by atoms with Gasteiger partial charge in [-0.2, -0.15) is 0 Å². The summed E-state index contributed by atoms with van der Waals surface area (Å²) in [7, 11) is 0. The topological polar surface area (TPSA) is 70.6 Å². The maximum atomic E-state index is 11.9. The maximum absolute atomic E-state index is 11.9. The van der Waals surface area contributed by atoms with Crippen molar-refractivity contribution in [3.8, 4) is 18.1 Å². The van der Waals surface area contributed by atoms with Crippen LogP contribution >= 0.6 is 0 Å². The molecule has 24 heavy (non-hydrogen) atoms. The van der Waals surface area contributed by atoms with Crippen molar-refractivity contribution in [1.29, 1.82) is 0 Å². The van der Waals surface area contributed by atoms with Crippen LogP contribution in [-0.4, -0.2) is 30.4 Å². The normalized spacial score (nSPS) is 11.2. The molecule has 2 aromatic carbocycles. The van der Waals surface area contributed by atoms with Crippen LogP contribution in [0.1, 0.15) is 5.56 Å². The predicted molar refractivity (Wildman–Crippen MR) is 93.9 cm³/mol. The van der Waals surface area contributed by atoms with Crippen LogP contribution in [-0.2, 0) is 6.42 Å². The summed E-state index contributed by atoms with van der Waals surface area (Å²) in [4.78, 5) is 11.9. The summed E-state index contributed by atoms with van der Waals surface area (Å²) in [5.74, 6) is 2.96. The molecule has 0 spiro atoms. The molecule has 1 unspecified atom stereocenters. The Morgan fingerprint density at radius 1 is 1.21 bits per heavy atom. The van der Waals surface area contributed by atoms with Crippen molar-refractivity contribution in [2.75, 3.05) is 18.5 Å². The Kier molecular flexibility index (Phi) is 6.69. The van der Waals surface area contributed by atoms with E-state index in [1.807, 2.05) is 30.3 Å². The van der Waals surface area contributed by atoms with Crippen molar-refractivity contribution in [1.82, 2.24) is 5.32 Å². The van der Waals surface area contributed by atoms with Gasteiger partial charge in [0.25, 0.3) is 0 Å². The molecule has 0 saturated heterocycles. The van der Waals surface area contributed by atoms with Crippen molar-refractivity contribution < 1.29 is 14.6 Å². The van der Waals surface area contributed by atoms with Crippen molar-refractivity contribution in [3.63, 3.8) is 0 Å². The zero-order chi connectivity index (χ0) is 17.2. The van der Waals surface area contributed by atoms with Crippen molar-refractivity contribution in [2.45, 2.75) is 12.5 Å². The smallest absolute Gasteiger partial charge is 0.319 e.